The molecule has 0 spiro atoms. The molecule has 1 fully saturated rings. The van der Waals surface area contributed by atoms with Gasteiger partial charge in [0.25, 0.3) is 5.92 Å². The Hall–Kier alpha value is -2.74. The summed E-state index contributed by atoms with van der Waals surface area (Å²) in [7, 11) is 0. The second-order valence-electron chi connectivity index (χ2n) is 10.3. The van der Waals surface area contributed by atoms with Crippen LogP contribution in [0.3, 0.4) is 0 Å². The van der Waals surface area contributed by atoms with Crippen molar-refractivity contribution in [2.24, 2.45) is 11.1 Å². The number of nitrogens with one attached hydrogen (secondary N) is 1. The molecule has 0 aromatic heterocycles. The van der Waals surface area contributed by atoms with Gasteiger partial charge in [-0.1, -0.05) is 44.7 Å². The number of amides is 1. The smallest absolute Gasteiger partial charge is 0.366 e. The van der Waals surface area contributed by atoms with E-state index in [1.165, 1.54) is 19.1 Å². The number of carbonyl (C=O) groups excluding carboxylic acids is 1. The average molecular weight is 511 g/mol. The van der Waals surface area contributed by atoms with E-state index in [0.717, 1.165) is 38.7 Å². The number of carbonyl (C=O) groups is 1. The molecule has 0 unspecified atom stereocenters. The Labute approximate surface area is 210 Å². The van der Waals surface area contributed by atoms with Gasteiger partial charge in [0.2, 0.25) is 5.91 Å². The van der Waals surface area contributed by atoms with Crippen LogP contribution in [-0.2, 0) is 12.7 Å². The van der Waals surface area contributed by atoms with Gasteiger partial charge in [0.15, 0.2) is 0 Å². The van der Waals surface area contributed by atoms with E-state index in [9.17, 15) is 26.7 Å². The van der Waals surface area contributed by atoms with Crippen LogP contribution in [0.15, 0.2) is 54.6 Å². The Morgan fingerprint density at radius 1 is 1.06 bits per heavy atom. The lowest BCUT2D eigenvalue weighted by Crippen LogP contribution is -2.35. The van der Waals surface area contributed by atoms with Crippen LogP contribution in [0, 0.1) is 5.41 Å². The summed E-state index contributed by atoms with van der Waals surface area (Å²) in [5, 5.41) is 3.31. The number of hydrogen-bond donors (Lipinski definition) is 2. The first-order valence-electron chi connectivity index (χ1n) is 11.9. The number of halogens is 5. The van der Waals surface area contributed by atoms with E-state index < -0.39 is 23.6 Å². The van der Waals surface area contributed by atoms with Crippen LogP contribution in [0.5, 0.6) is 0 Å². The summed E-state index contributed by atoms with van der Waals surface area (Å²) in [5.41, 5.74) is 6.29. The minimum Gasteiger partial charge on any atom is -0.366 e. The van der Waals surface area contributed by atoms with Crippen LogP contribution < -0.4 is 11.1 Å². The van der Waals surface area contributed by atoms with Gasteiger partial charge in [0, 0.05) is 25.1 Å². The normalized spacial score (nSPS) is 16.1. The number of nitrogens with two attached hydrogens (primary N) is 1. The zero-order valence-corrected chi connectivity index (χ0v) is 21.2. The van der Waals surface area contributed by atoms with Crippen LogP contribution in [0.4, 0.5) is 22.0 Å². The predicted octanol–water partition coefficient (Wildman–Crippen LogP) is 7.75. The van der Waals surface area contributed by atoms with E-state index in [1.807, 2.05) is 0 Å². The minimum absolute atomic E-state index is 0.0903. The molecule has 2 aromatic carbocycles. The molecule has 198 valence electrons. The van der Waals surface area contributed by atoms with Gasteiger partial charge < -0.3 is 11.1 Å². The van der Waals surface area contributed by atoms with Crippen molar-refractivity contribution in [1.82, 2.24) is 5.32 Å². The van der Waals surface area contributed by atoms with E-state index in [4.69, 9.17) is 5.73 Å². The van der Waals surface area contributed by atoms with Gasteiger partial charge >= 0.3 is 6.18 Å². The molecule has 1 aliphatic rings. The molecule has 3 nitrogen and oxygen atoms in total. The maximum atomic E-state index is 13.7. The lowest BCUT2D eigenvalue weighted by molar-refractivity contribution is -0.138. The van der Waals surface area contributed by atoms with Crippen LogP contribution >= 0.6 is 0 Å². The second-order valence-corrected chi connectivity index (χ2v) is 10.3. The predicted molar refractivity (Wildman–Crippen MR) is 134 cm³/mol. The first kappa shape index (κ1) is 29.5. The molecular weight excluding hydrogens is 475 g/mol. The monoisotopic (exact) mass is 510 g/mol. The standard InChI is InChI=1S/C23H27F3N2O.C5H8F2/c1-22(2)10-8-19(9-11-22)28-14-18-7-6-16(13-20(18)23(24,25)26)15-4-3-5-17(12-15)21(27)29;1-4(2)5(3,6)7/h3-7,12-13,19,28H,8-11,14H2,1-2H3,(H2,27,29);1H2,2-3H3. The summed E-state index contributed by atoms with van der Waals surface area (Å²) in [4.78, 5) is 11.4. The van der Waals surface area contributed by atoms with Crippen molar-refractivity contribution in [3.05, 3.63) is 71.3 Å². The molecule has 0 heterocycles. The number of benzene rings is 2. The molecule has 0 saturated heterocycles. The topological polar surface area (TPSA) is 55.1 Å². The van der Waals surface area contributed by atoms with Crippen molar-refractivity contribution >= 4 is 5.91 Å². The lowest BCUT2D eigenvalue weighted by atomic mass is 9.75. The van der Waals surface area contributed by atoms with Crippen LogP contribution in [-0.4, -0.2) is 17.9 Å². The van der Waals surface area contributed by atoms with Gasteiger partial charge in [0.1, 0.15) is 0 Å². The fourth-order valence-corrected chi connectivity index (χ4v) is 3.88. The first-order valence-corrected chi connectivity index (χ1v) is 11.9. The molecule has 1 amide bonds. The summed E-state index contributed by atoms with van der Waals surface area (Å²) in [5.74, 6) is -3.31. The molecule has 0 atom stereocenters. The Kier molecular flexibility index (Phi) is 9.46. The third-order valence-electron chi connectivity index (χ3n) is 6.57. The molecule has 0 radical (unpaired) electrons. The summed E-state index contributed by atoms with van der Waals surface area (Å²) < 4.78 is 64.6. The van der Waals surface area contributed by atoms with Crippen LogP contribution in [0.1, 0.15) is 74.9 Å². The Balaban J connectivity index is 0.000000572. The zero-order chi connectivity index (χ0) is 27.3. The van der Waals surface area contributed by atoms with E-state index in [1.54, 1.807) is 24.3 Å². The summed E-state index contributed by atoms with van der Waals surface area (Å²) in [6.07, 6.45) is -0.348. The van der Waals surface area contributed by atoms with Crippen molar-refractivity contribution in [2.75, 3.05) is 0 Å². The Bertz CT molecular complexity index is 1060. The highest BCUT2D eigenvalue weighted by molar-refractivity contribution is 5.94. The quantitative estimate of drug-likeness (QED) is 0.308. The van der Waals surface area contributed by atoms with E-state index >= 15 is 0 Å². The van der Waals surface area contributed by atoms with Crippen molar-refractivity contribution in [1.29, 1.82) is 0 Å². The van der Waals surface area contributed by atoms with Gasteiger partial charge in [-0.25, -0.2) is 8.78 Å². The first-order chi connectivity index (χ1) is 16.5. The van der Waals surface area contributed by atoms with Gasteiger partial charge in [-0.2, -0.15) is 13.2 Å². The zero-order valence-electron chi connectivity index (χ0n) is 21.2. The highest BCUT2D eigenvalue weighted by Gasteiger charge is 2.34. The molecule has 3 rings (SSSR count). The molecule has 0 bridgehead atoms. The Morgan fingerprint density at radius 3 is 2.11 bits per heavy atom. The summed E-state index contributed by atoms with van der Waals surface area (Å²) in [6, 6.07) is 10.9. The molecule has 36 heavy (non-hydrogen) atoms. The lowest BCUT2D eigenvalue weighted by Gasteiger charge is -2.34. The van der Waals surface area contributed by atoms with Crippen molar-refractivity contribution in [3.63, 3.8) is 0 Å². The van der Waals surface area contributed by atoms with Gasteiger partial charge in [0.05, 0.1) is 5.56 Å². The average Bonchev–Trinajstić information content (AvgIpc) is 2.77. The highest BCUT2D eigenvalue weighted by atomic mass is 19.4. The molecular formula is C28H35F5N2O. The largest absolute Gasteiger partial charge is 0.416 e. The van der Waals surface area contributed by atoms with Gasteiger partial charge in [-0.3, -0.25) is 4.79 Å². The van der Waals surface area contributed by atoms with E-state index in [2.05, 4.69) is 25.7 Å². The maximum absolute atomic E-state index is 13.7. The maximum Gasteiger partial charge on any atom is 0.416 e. The molecule has 1 saturated carbocycles. The number of rotatable bonds is 6. The highest BCUT2D eigenvalue weighted by Crippen LogP contribution is 2.37. The number of allylic oxidation sites excluding steroid dienone is 1. The van der Waals surface area contributed by atoms with Crippen LogP contribution in [0.2, 0.25) is 0 Å². The molecule has 8 heteroatoms. The molecule has 0 aliphatic heterocycles. The summed E-state index contributed by atoms with van der Waals surface area (Å²) >= 11 is 0. The van der Waals surface area contributed by atoms with E-state index in [-0.39, 0.29) is 29.3 Å². The minimum atomic E-state index is -4.46. The van der Waals surface area contributed by atoms with Crippen molar-refractivity contribution in [3.8, 4) is 11.1 Å². The van der Waals surface area contributed by atoms with Crippen molar-refractivity contribution in [2.45, 2.75) is 78.1 Å². The van der Waals surface area contributed by atoms with E-state index in [0.29, 0.717) is 16.5 Å². The summed E-state index contributed by atoms with van der Waals surface area (Å²) in [6.45, 7) is 9.86. The van der Waals surface area contributed by atoms with Crippen LogP contribution in [0.25, 0.3) is 11.1 Å². The third kappa shape index (κ3) is 8.73. The molecule has 1 aliphatic carbocycles. The molecule has 3 N–H and O–H groups in total. The van der Waals surface area contributed by atoms with Gasteiger partial charge in [-0.15, -0.1) is 0 Å². The van der Waals surface area contributed by atoms with Crippen molar-refractivity contribution < 1.29 is 26.7 Å². The second kappa shape index (κ2) is 11.5. The fourth-order valence-electron chi connectivity index (χ4n) is 3.88. The SMILES string of the molecule is C=C(C)C(C)(F)F.CC1(C)CCC(NCc2ccc(-c3cccc(C(N)=O)c3)cc2C(F)(F)F)CC1. The number of primary amides is 1. The fraction of sp³-hybridized carbons (Fsp3) is 0.464. The van der Waals surface area contributed by atoms with Gasteiger partial charge in [-0.05, 0) is 78.5 Å². The number of alkyl halides is 5. The molecule has 2 aromatic rings. The third-order valence-corrected chi connectivity index (χ3v) is 6.57. The number of hydrogen-bond acceptors (Lipinski definition) is 2. The Morgan fingerprint density at radius 2 is 1.61 bits per heavy atom.